The average Bonchev–Trinajstić information content (AvgIpc) is 3.85. The van der Waals surface area contributed by atoms with Crippen LogP contribution in [0.15, 0.2) is 29.3 Å². The Kier molecular flexibility index (Phi) is 27.7. The van der Waals surface area contributed by atoms with Crippen LogP contribution < -0.4 is 65.9 Å². The average molecular weight is 1080 g/mol. The number of nitrogens with one attached hydrogen (secondary N) is 7. The number of likely N-dealkylation sites (tertiary alicyclic amines) is 1. The summed E-state index contributed by atoms with van der Waals surface area (Å²) in [5.74, 6) is -9.65. The van der Waals surface area contributed by atoms with Gasteiger partial charge in [-0.2, -0.15) is 0 Å². The maximum absolute atomic E-state index is 14.1. The maximum atomic E-state index is 14.1. The summed E-state index contributed by atoms with van der Waals surface area (Å²) in [6.07, 6.45) is -0.355. The van der Waals surface area contributed by atoms with Crippen molar-refractivity contribution in [1.29, 1.82) is 0 Å². The summed E-state index contributed by atoms with van der Waals surface area (Å²) in [5.41, 5.74) is 28.3. The number of aliphatic hydroxyl groups excluding tert-OH is 1. The lowest BCUT2D eigenvalue weighted by atomic mass is 10.00. The Balaban J connectivity index is 2.33. The van der Waals surface area contributed by atoms with Gasteiger partial charge in [0.25, 0.3) is 0 Å². The number of hydrogen-bond donors (Lipinski definition) is 15. The monoisotopic (exact) mass is 1070 g/mol. The highest BCUT2D eigenvalue weighted by Crippen LogP contribution is 2.21. The number of carbonyl (C=O) groups is 10. The first-order valence-corrected chi connectivity index (χ1v) is 25.6. The molecule has 9 amide bonds. The number of guanidine groups is 1. The smallest absolute Gasteiger partial charge is 0.326 e. The molecule has 1 saturated heterocycles. The summed E-state index contributed by atoms with van der Waals surface area (Å²) in [7, 11) is 0. The molecule has 1 aromatic rings. The fourth-order valence-corrected chi connectivity index (χ4v) is 8.11. The number of primary amides is 1. The van der Waals surface area contributed by atoms with Gasteiger partial charge in [-0.25, -0.2) is 4.79 Å². The minimum Gasteiger partial charge on any atom is -0.508 e. The molecule has 1 fully saturated rings. The molecule has 0 bridgehead atoms. The molecular weight excluding hydrogens is 993 g/mol. The summed E-state index contributed by atoms with van der Waals surface area (Å²) < 4.78 is 0. The number of nitrogens with two attached hydrogens (primary N) is 5. The normalized spacial score (nSPS) is 16.8. The Hall–Kier alpha value is -7.13. The molecule has 27 heteroatoms. The molecule has 0 unspecified atom stereocenters. The number of aromatic hydroxyl groups is 1. The first-order chi connectivity index (χ1) is 35.7. The van der Waals surface area contributed by atoms with Gasteiger partial charge in [-0.3, -0.25) is 48.1 Å². The van der Waals surface area contributed by atoms with Crippen LogP contribution >= 0.6 is 0 Å². The minimum absolute atomic E-state index is 0.0208. The summed E-state index contributed by atoms with van der Waals surface area (Å²) in [6, 6.07) is -5.94. The molecule has 0 aromatic heterocycles. The highest BCUT2D eigenvalue weighted by atomic mass is 16.4. The lowest BCUT2D eigenvalue weighted by Gasteiger charge is -2.30. The SMILES string of the molecule is CC(C)C[C@H](NC(=O)[C@H](CCCN=C(N)N)NC(=O)[C@@H](N)[C@@H](C)O)C(=O)N[C@@H](CCC(N)=O)C(=O)N[C@@H](C)C(=O)N[C@H](C(=O)N[C@@H](CCCCN)C(=O)N[C@@H](Cc1ccc(O)cc1)C(=O)N1CCC[C@H]1C(=O)O)C(C)C. The van der Waals surface area contributed by atoms with E-state index in [0.717, 1.165) is 0 Å². The molecule has 27 nitrogen and oxygen atoms in total. The molecule has 10 atom stereocenters. The van der Waals surface area contributed by atoms with Crippen molar-refractivity contribution in [2.75, 3.05) is 19.6 Å². The Morgan fingerprint density at radius 1 is 0.671 bits per heavy atom. The van der Waals surface area contributed by atoms with Crippen LogP contribution in [0.1, 0.15) is 111 Å². The quantitative estimate of drug-likeness (QED) is 0.0183. The lowest BCUT2D eigenvalue weighted by Crippen LogP contribution is -2.61. The third kappa shape index (κ3) is 22.4. The molecule has 1 aliphatic heterocycles. The van der Waals surface area contributed by atoms with Crippen LogP contribution in [-0.4, -0.2) is 165 Å². The molecule has 0 saturated carbocycles. The molecule has 1 aliphatic rings. The standard InChI is InChI=1S/C49H82N14O13/c1-25(2)23-34(60-42(69)32(12-9-21-55-49(53)54)58-45(72)38(52)28(6)64)44(71)57-33(18-19-37(51)66)41(68)56-27(5)40(67)62-39(26(3)4)46(73)59-31(11-7-8-20-50)43(70)61-35(24-29-14-16-30(65)17-15-29)47(74)63-22-10-13-36(63)48(75)76/h14-17,25-28,31-36,38-39,64-65H,7-13,18-24,50,52H2,1-6H3,(H2,51,66)(H,56,68)(H,57,71)(H,58,72)(H,59,73)(H,60,69)(H,61,70)(H,62,67)(H,75,76)(H4,53,54,55)/t27-,28+,31-,32-,33-,34-,35-,36-,38-,39-/m0/s1. The number of benzene rings is 1. The van der Waals surface area contributed by atoms with Crippen molar-refractivity contribution in [1.82, 2.24) is 42.1 Å². The van der Waals surface area contributed by atoms with Gasteiger partial charge in [-0.15, -0.1) is 0 Å². The van der Waals surface area contributed by atoms with E-state index in [-0.39, 0.29) is 82.2 Å². The van der Waals surface area contributed by atoms with E-state index < -0.39 is 132 Å². The van der Waals surface area contributed by atoms with Gasteiger partial charge < -0.3 is 86.1 Å². The number of carbonyl (C=O) groups excluding carboxylic acids is 9. The third-order valence-electron chi connectivity index (χ3n) is 12.4. The Labute approximate surface area is 442 Å². The van der Waals surface area contributed by atoms with E-state index in [0.29, 0.717) is 24.8 Å². The van der Waals surface area contributed by atoms with Crippen molar-refractivity contribution in [3.8, 4) is 5.75 Å². The number of carboxylic acid groups (broad SMARTS) is 1. The summed E-state index contributed by atoms with van der Waals surface area (Å²) in [5, 5.41) is 47.6. The van der Waals surface area contributed by atoms with Gasteiger partial charge in [0.2, 0.25) is 53.2 Å². The van der Waals surface area contributed by atoms with E-state index in [4.69, 9.17) is 28.7 Å². The van der Waals surface area contributed by atoms with E-state index in [9.17, 15) is 63.3 Å². The molecule has 0 aliphatic carbocycles. The predicted molar refractivity (Wildman–Crippen MR) is 279 cm³/mol. The number of hydrogen-bond acceptors (Lipinski definition) is 15. The zero-order valence-electron chi connectivity index (χ0n) is 44.3. The lowest BCUT2D eigenvalue weighted by molar-refractivity contribution is -0.149. The fourth-order valence-electron chi connectivity index (χ4n) is 8.11. The second-order valence-electron chi connectivity index (χ2n) is 19.8. The second-order valence-corrected chi connectivity index (χ2v) is 19.8. The number of phenols is 1. The summed E-state index contributed by atoms with van der Waals surface area (Å²) in [4.78, 5) is 139. The Morgan fingerprint density at radius 3 is 1.74 bits per heavy atom. The van der Waals surface area contributed by atoms with Gasteiger partial charge in [0.05, 0.1) is 6.10 Å². The molecular formula is C49H82N14O13. The molecule has 426 valence electrons. The third-order valence-corrected chi connectivity index (χ3v) is 12.4. The zero-order chi connectivity index (χ0) is 57.4. The number of aliphatic imine (C=N–C) groups is 1. The van der Waals surface area contributed by atoms with E-state index in [1.165, 1.54) is 30.9 Å². The van der Waals surface area contributed by atoms with Crippen LogP contribution in [0.3, 0.4) is 0 Å². The van der Waals surface area contributed by atoms with Gasteiger partial charge >= 0.3 is 5.97 Å². The van der Waals surface area contributed by atoms with Gasteiger partial charge in [-0.1, -0.05) is 39.8 Å². The Bertz CT molecular complexity index is 2170. The molecule has 20 N–H and O–H groups in total. The molecule has 2 rings (SSSR count). The summed E-state index contributed by atoms with van der Waals surface area (Å²) in [6.45, 7) is 9.83. The van der Waals surface area contributed by atoms with Gasteiger partial charge in [-0.05, 0) is 108 Å². The number of nitrogens with zero attached hydrogens (tertiary/aromatic N) is 2. The second kappa shape index (κ2) is 32.3. The number of rotatable bonds is 33. The number of aliphatic carboxylic acids is 1. The van der Waals surface area contributed by atoms with Crippen molar-refractivity contribution < 1.29 is 63.3 Å². The van der Waals surface area contributed by atoms with Crippen molar-refractivity contribution in [3.05, 3.63) is 29.8 Å². The van der Waals surface area contributed by atoms with Gasteiger partial charge in [0, 0.05) is 25.9 Å². The van der Waals surface area contributed by atoms with Crippen molar-refractivity contribution in [2.24, 2.45) is 45.5 Å². The molecule has 76 heavy (non-hydrogen) atoms. The van der Waals surface area contributed by atoms with Crippen molar-refractivity contribution in [3.63, 3.8) is 0 Å². The van der Waals surface area contributed by atoms with Crippen LogP contribution in [0, 0.1) is 11.8 Å². The highest BCUT2D eigenvalue weighted by Gasteiger charge is 2.39. The van der Waals surface area contributed by atoms with Crippen molar-refractivity contribution >= 4 is 65.1 Å². The van der Waals surface area contributed by atoms with Crippen LogP contribution in [0.4, 0.5) is 0 Å². The number of unbranched alkanes of at least 4 members (excludes halogenated alkanes) is 1. The van der Waals surface area contributed by atoms with Gasteiger partial charge in [0.1, 0.15) is 60.1 Å². The van der Waals surface area contributed by atoms with Crippen molar-refractivity contribution in [2.45, 2.75) is 173 Å². The van der Waals surface area contributed by atoms with Crippen LogP contribution in [-0.2, 0) is 54.4 Å². The van der Waals surface area contributed by atoms with Crippen LogP contribution in [0.2, 0.25) is 0 Å². The van der Waals surface area contributed by atoms with E-state index in [2.05, 4.69) is 42.2 Å². The minimum atomic E-state index is -1.50. The number of amides is 9. The van der Waals surface area contributed by atoms with Crippen LogP contribution in [0.25, 0.3) is 0 Å². The van der Waals surface area contributed by atoms with E-state index in [1.807, 2.05) is 0 Å². The van der Waals surface area contributed by atoms with Crippen LogP contribution in [0.5, 0.6) is 5.75 Å². The largest absolute Gasteiger partial charge is 0.508 e. The van der Waals surface area contributed by atoms with Gasteiger partial charge in [0.15, 0.2) is 5.96 Å². The summed E-state index contributed by atoms with van der Waals surface area (Å²) >= 11 is 0. The number of phenolic OH excluding ortho intramolecular Hbond substituents is 1. The first kappa shape index (κ1) is 65.0. The molecule has 1 heterocycles. The number of aliphatic hydroxyl groups is 1. The molecule has 0 radical (unpaired) electrons. The maximum Gasteiger partial charge on any atom is 0.326 e. The molecule has 1 aromatic carbocycles. The topological polar surface area (TPSA) is 461 Å². The highest BCUT2D eigenvalue weighted by molar-refractivity contribution is 5.98. The fraction of sp³-hybridized carbons (Fsp3) is 0.653. The number of carboxylic acids is 1. The first-order valence-electron chi connectivity index (χ1n) is 25.6. The predicted octanol–water partition coefficient (Wildman–Crippen LogP) is -3.72. The van der Waals surface area contributed by atoms with E-state index in [1.54, 1.807) is 39.8 Å². The van der Waals surface area contributed by atoms with E-state index >= 15 is 0 Å². The Morgan fingerprint density at radius 2 is 1.20 bits per heavy atom. The molecule has 0 spiro atoms. The zero-order valence-corrected chi connectivity index (χ0v) is 44.3.